The molecule has 0 aromatic carbocycles. The van der Waals surface area contributed by atoms with Gasteiger partial charge in [-0.25, -0.2) is 9.97 Å². The van der Waals surface area contributed by atoms with Crippen molar-refractivity contribution in [2.45, 2.75) is 46.0 Å². The van der Waals surface area contributed by atoms with Crippen LogP contribution in [-0.2, 0) is 11.8 Å². The summed E-state index contributed by atoms with van der Waals surface area (Å²) < 4.78 is 5.84. The smallest absolute Gasteiger partial charge is 0.233 e. The van der Waals surface area contributed by atoms with E-state index in [1.807, 2.05) is 24.5 Å². The maximum Gasteiger partial charge on any atom is 0.233 e. The Hall–Kier alpha value is -2.24. The molecule has 0 radical (unpaired) electrons. The molecule has 25 heavy (non-hydrogen) atoms. The second-order valence-corrected chi connectivity index (χ2v) is 7.66. The van der Waals surface area contributed by atoms with E-state index in [9.17, 15) is 0 Å². The molecule has 1 atom stereocenters. The van der Waals surface area contributed by atoms with E-state index in [1.165, 1.54) is 5.56 Å². The van der Waals surface area contributed by atoms with Gasteiger partial charge in [-0.3, -0.25) is 0 Å². The van der Waals surface area contributed by atoms with Crippen LogP contribution in [-0.4, -0.2) is 39.9 Å². The van der Waals surface area contributed by atoms with E-state index in [0.717, 1.165) is 37.6 Å². The lowest BCUT2D eigenvalue weighted by molar-refractivity contribution is 0.249. The first-order valence-electron chi connectivity index (χ1n) is 8.98. The zero-order valence-corrected chi connectivity index (χ0v) is 15.6. The van der Waals surface area contributed by atoms with E-state index in [1.54, 1.807) is 0 Å². The fourth-order valence-electron chi connectivity index (χ4n) is 2.84. The van der Waals surface area contributed by atoms with Gasteiger partial charge in [0.05, 0.1) is 12.3 Å². The zero-order chi connectivity index (χ0) is 17.9. The summed E-state index contributed by atoms with van der Waals surface area (Å²) >= 11 is 0. The van der Waals surface area contributed by atoms with Crippen molar-refractivity contribution < 1.29 is 4.74 Å². The topological polar surface area (TPSA) is 64.0 Å². The van der Waals surface area contributed by atoms with Crippen molar-refractivity contribution in [2.75, 3.05) is 24.6 Å². The van der Waals surface area contributed by atoms with E-state index in [-0.39, 0.29) is 5.41 Å². The molecule has 6 nitrogen and oxygen atoms in total. The maximum absolute atomic E-state index is 5.84. The van der Waals surface area contributed by atoms with Crippen LogP contribution in [0.3, 0.4) is 0 Å². The molecule has 2 aromatic heterocycles. The second kappa shape index (κ2) is 7.33. The molecule has 134 valence electrons. The van der Waals surface area contributed by atoms with Crippen molar-refractivity contribution in [2.24, 2.45) is 5.92 Å². The third kappa shape index (κ3) is 4.44. The van der Waals surface area contributed by atoms with Gasteiger partial charge in [-0.05, 0) is 24.5 Å². The largest absolute Gasteiger partial charge is 0.476 e. The molecule has 0 N–H and O–H groups in total. The molecule has 1 saturated heterocycles. The van der Waals surface area contributed by atoms with Crippen LogP contribution in [0.5, 0.6) is 5.88 Å². The summed E-state index contributed by atoms with van der Waals surface area (Å²) in [7, 11) is 0. The van der Waals surface area contributed by atoms with Gasteiger partial charge in [0.25, 0.3) is 0 Å². The molecular weight excluding hydrogens is 314 g/mol. The van der Waals surface area contributed by atoms with E-state index in [4.69, 9.17) is 4.74 Å². The molecule has 6 heteroatoms. The Kier molecular flexibility index (Phi) is 5.16. The Labute approximate surface area is 149 Å². The van der Waals surface area contributed by atoms with Gasteiger partial charge in [0.15, 0.2) is 0 Å². The monoisotopic (exact) mass is 341 g/mol. The van der Waals surface area contributed by atoms with Gasteiger partial charge in [-0.2, -0.15) is 5.10 Å². The van der Waals surface area contributed by atoms with Crippen LogP contribution in [0.4, 0.5) is 5.95 Å². The van der Waals surface area contributed by atoms with Crippen molar-refractivity contribution in [3.8, 4) is 5.88 Å². The lowest BCUT2D eigenvalue weighted by atomic mass is 9.92. The summed E-state index contributed by atoms with van der Waals surface area (Å²) in [5.41, 5.74) is 2.14. The molecule has 1 aliphatic heterocycles. The summed E-state index contributed by atoms with van der Waals surface area (Å²) in [5.74, 6) is 1.86. The van der Waals surface area contributed by atoms with Crippen molar-refractivity contribution in [1.82, 2.24) is 20.2 Å². The SMILES string of the molecule is CCc1cnc(N2CCC(COc3ccc(C(C)(C)C)nn3)C2)nc1. The van der Waals surface area contributed by atoms with Crippen molar-refractivity contribution in [1.29, 1.82) is 0 Å². The van der Waals surface area contributed by atoms with Crippen LogP contribution in [0.15, 0.2) is 24.5 Å². The van der Waals surface area contributed by atoms with Crippen LogP contribution in [0, 0.1) is 5.92 Å². The van der Waals surface area contributed by atoms with Crippen LogP contribution < -0.4 is 9.64 Å². The molecule has 0 bridgehead atoms. The number of nitrogens with zero attached hydrogens (tertiary/aromatic N) is 5. The summed E-state index contributed by atoms with van der Waals surface area (Å²) in [5, 5.41) is 8.46. The van der Waals surface area contributed by atoms with Gasteiger partial charge in [-0.1, -0.05) is 27.7 Å². The third-order valence-corrected chi connectivity index (χ3v) is 4.54. The molecular formula is C19H27N5O. The predicted molar refractivity (Wildman–Crippen MR) is 98.0 cm³/mol. The first kappa shape index (κ1) is 17.6. The Bertz CT molecular complexity index is 678. The zero-order valence-electron chi connectivity index (χ0n) is 15.6. The highest BCUT2D eigenvalue weighted by molar-refractivity contribution is 5.31. The van der Waals surface area contributed by atoms with E-state index in [0.29, 0.717) is 18.4 Å². The van der Waals surface area contributed by atoms with Crippen LogP contribution in [0.2, 0.25) is 0 Å². The molecule has 3 rings (SSSR count). The Morgan fingerprint density at radius 1 is 1.16 bits per heavy atom. The third-order valence-electron chi connectivity index (χ3n) is 4.54. The fraction of sp³-hybridized carbons (Fsp3) is 0.579. The molecule has 0 amide bonds. The molecule has 1 unspecified atom stereocenters. The number of anilines is 1. The van der Waals surface area contributed by atoms with E-state index in [2.05, 4.69) is 52.8 Å². The van der Waals surface area contributed by atoms with Crippen molar-refractivity contribution >= 4 is 5.95 Å². The lowest BCUT2D eigenvalue weighted by Gasteiger charge is -2.17. The minimum atomic E-state index is 0.00477. The average Bonchev–Trinajstić information content (AvgIpc) is 3.09. The predicted octanol–water partition coefficient (Wildman–Crippen LogP) is 3.03. The summed E-state index contributed by atoms with van der Waals surface area (Å²) in [6, 6.07) is 3.90. The van der Waals surface area contributed by atoms with Crippen molar-refractivity contribution in [3.63, 3.8) is 0 Å². The molecule has 0 spiro atoms. The average molecular weight is 341 g/mol. The van der Waals surface area contributed by atoms with Crippen LogP contribution >= 0.6 is 0 Å². The van der Waals surface area contributed by atoms with Gasteiger partial charge in [0, 0.05) is 42.9 Å². The van der Waals surface area contributed by atoms with Gasteiger partial charge in [-0.15, -0.1) is 5.10 Å². The number of ether oxygens (including phenoxy) is 1. The molecule has 2 aromatic rings. The number of aryl methyl sites for hydroxylation is 1. The molecule has 3 heterocycles. The first-order valence-corrected chi connectivity index (χ1v) is 8.98. The van der Waals surface area contributed by atoms with Crippen molar-refractivity contribution in [3.05, 3.63) is 35.8 Å². The number of rotatable bonds is 5. The van der Waals surface area contributed by atoms with Gasteiger partial charge >= 0.3 is 0 Å². The Morgan fingerprint density at radius 2 is 1.92 bits per heavy atom. The second-order valence-electron chi connectivity index (χ2n) is 7.66. The quantitative estimate of drug-likeness (QED) is 0.833. The summed E-state index contributed by atoms with van der Waals surface area (Å²) in [6.07, 6.45) is 5.87. The molecule has 0 saturated carbocycles. The maximum atomic E-state index is 5.84. The summed E-state index contributed by atoms with van der Waals surface area (Å²) in [4.78, 5) is 11.2. The van der Waals surface area contributed by atoms with E-state index >= 15 is 0 Å². The lowest BCUT2D eigenvalue weighted by Crippen LogP contribution is -2.24. The number of hydrogen-bond donors (Lipinski definition) is 0. The van der Waals surface area contributed by atoms with Gasteiger partial charge in [0.1, 0.15) is 0 Å². The minimum Gasteiger partial charge on any atom is -0.476 e. The normalized spacial score (nSPS) is 17.8. The standard InChI is InChI=1S/C19H27N5O/c1-5-14-10-20-18(21-11-14)24-9-8-15(12-24)13-25-17-7-6-16(22-23-17)19(2,3)4/h6-7,10-11,15H,5,8-9,12-13H2,1-4H3. The number of aromatic nitrogens is 4. The minimum absolute atomic E-state index is 0.00477. The van der Waals surface area contributed by atoms with Crippen LogP contribution in [0.25, 0.3) is 0 Å². The molecule has 1 fully saturated rings. The summed E-state index contributed by atoms with van der Waals surface area (Å²) in [6.45, 7) is 11.0. The van der Waals surface area contributed by atoms with Gasteiger partial charge < -0.3 is 9.64 Å². The fourth-order valence-corrected chi connectivity index (χ4v) is 2.84. The van der Waals surface area contributed by atoms with E-state index < -0.39 is 0 Å². The van der Waals surface area contributed by atoms with Crippen LogP contribution in [0.1, 0.15) is 45.4 Å². The highest BCUT2D eigenvalue weighted by atomic mass is 16.5. The Morgan fingerprint density at radius 3 is 2.52 bits per heavy atom. The molecule has 0 aliphatic carbocycles. The molecule has 1 aliphatic rings. The highest BCUT2D eigenvalue weighted by Crippen LogP contribution is 2.23. The first-order chi connectivity index (χ1) is 12.0. The highest BCUT2D eigenvalue weighted by Gasteiger charge is 2.25. The Balaban J connectivity index is 1.51. The number of hydrogen-bond acceptors (Lipinski definition) is 6. The van der Waals surface area contributed by atoms with Gasteiger partial charge in [0.2, 0.25) is 11.8 Å².